The summed E-state index contributed by atoms with van der Waals surface area (Å²) < 4.78 is 13.0. The fourth-order valence-corrected chi connectivity index (χ4v) is 2.21. The molecule has 7 heteroatoms. The zero-order chi connectivity index (χ0) is 19.4. The molecule has 0 bridgehead atoms. The van der Waals surface area contributed by atoms with Gasteiger partial charge in [-0.25, -0.2) is 4.39 Å². The Morgan fingerprint density at radius 2 is 1.40 bits per heavy atom. The van der Waals surface area contributed by atoms with Crippen molar-refractivity contribution in [3.8, 4) is 0 Å². The molecule has 0 spiro atoms. The molecule has 0 aliphatic heterocycles. The van der Waals surface area contributed by atoms with Crippen LogP contribution in [0.25, 0.3) is 0 Å². The highest BCUT2D eigenvalue weighted by Crippen LogP contribution is 2.15. The molecule has 1 atom stereocenters. The lowest BCUT2D eigenvalue weighted by Crippen LogP contribution is -2.62. The van der Waals surface area contributed by atoms with Gasteiger partial charge in [-0.15, -0.1) is 0 Å². The summed E-state index contributed by atoms with van der Waals surface area (Å²) in [6, 6.07) is 5.46. The van der Waals surface area contributed by atoms with Crippen molar-refractivity contribution >= 4 is 17.7 Å². The van der Waals surface area contributed by atoms with Gasteiger partial charge in [0.1, 0.15) is 16.9 Å². The lowest BCUT2D eigenvalue weighted by atomic mass is 9.98. The lowest BCUT2D eigenvalue weighted by Gasteiger charge is -2.32. The van der Waals surface area contributed by atoms with Crippen LogP contribution in [0.5, 0.6) is 0 Å². The van der Waals surface area contributed by atoms with E-state index >= 15 is 0 Å². The molecule has 0 unspecified atom stereocenters. The summed E-state index contributed by atoms with van der Waals surface area (Å²) in [6.07, 6.45) is 0. The average molecular weight is 351 g/mol. The van der Waals surface area contributed by atoms with Gasteiger partial charge in [-0.2, -0.15) is 0 Å². The molecule has 6 nitrogen and oxygen atoms in total. The standard InChI is InChI=1S/C18H26FN3O3/c1-11(13-7-9-14(19)10-8-13)20-15(24)17(3,4)22-16(25)18(5,6)21-12(2)23/h7-11H,1-6H3,(H,20,24)(H,21,23)(H,22,25)/t11-/m0/s1. The van der Waals surface area contributed by atoms with E-state index in [2.05, 4.69) is 16.0 Å². The third kappa shape index (κ3) is 5.85. The third-order valence-electron chi connectivity index (χ3n) is 3.77. The van der Waals surface area contributed by atoms with Crippen molar-refractivity contribution in [3.63, 3.8) is 0 Å². The van der Waals surface area contributed by atoms with E-state index in [0.29, 0.717) is 0 Å². The van der Waals surface area contributed by atoms with Crippen molar-refractivity contribution in [1.82, 2.24) is 16.0 Å². The normalized spacial score (nSPS) is 12.9. The molecular formula is C18H26FN3O3. The minimum absolute atomic E-state index is 0.340. The Labute approximate surface area is 147 Å². The van der Waals surface area contributed by atoms with Crippen molar-refractivity contribution in [2.75, 3.05) is 0 Å². The number of nitrogens with one attached hydrogen (secondary N) is 3. The molecule has 0 fully saturated rings. The van der Waals surface area contributed by atoms with Crippen LogP contribution in [0.2, 0.25) is 0 Å². The van der Waals surface area contributed by atoms with E-state index < -0.39 is 22.9 Å². The number of hydrogen-bond acceptors (Lipinski definition) is 3. The maximum Gasteiger partial charge on any atom is 0.246 e. The molecule has 1 aromatic carbocycles. The largest absolute Gasteiger partial charge is 0.348 e. The van der Waals surface area contributed by atoms with Gasteiger partial charge in [-0.1, -0.05) is 12.1 Å². The van der Waals surface area contributed by atoms with Crippen molar-refractivity contribution in [2.45, 2.75) is 58.7 Å². The highest BCUT2D eigenvalue weighted by molar-refractivity contribution is 5.95. The quantitative estimate of drug-likeness (QED) is 0.730. The molecule has 0 radical (unpaired) electrons. The highest BCUT2D eigenvalue weighted by Gasteiger charge is 2.36. The fourth-order valence-electron chi connectivity index (χ4n) is 2.21. The predicted molar refractivity (Wildman–Crippen MR) is 93.1 cm³/mol. The summed E-state index contributed by atoms with van der Waals surface area (Å²) >= 11 is 0. The van der Waals surface area contributed by atoms with E-state index in [4.69, 9.17) is 0 Å². The first-order valence-electron chi connectivity index (χ1n) is 8.03. The Hall–Kier alpha value is -2.44. The van der Waals surface area contributed by atoms with E-state index in [1.54, 1.807) is 46.8 Å². The van der Waals surface area contributed by atoms with Crippen molar-refractivity contribution in [1.29, 1.82) is 0 Å². The second-order valence-electron chi connectivity index (χ2n) is 7.13. The van der Waals surface area contributed by atoms with Gasteiger partial charge in [0.05, 0.1) is 6.04 Å². The van der Waals surface area contributed by atoms with E-state index in [1.807, 2.05) is 0 Å². The van der Waals surface area contributed by atoms with Crippen LogP contribution in [0.15, 0.2) is 24.3 Å². The van der Waals surface area contributed by atoms with Crippen LogP contribution in [0.4, 0.5) is 4.39 Å². The predicted octanol–water partition coefficient (Wildman–Crippen LogP) is 1.81. The molecule has 3 amide bonds. The Bertz CT molecular complexity index is 654. The number of rotatable bonds is 6. The molecule has 0 aliphatic rings. The molecular weight excluding hydrogens is 325 g/mol. The Morgan fingerprint density at radius 1 is 0.920 bits per heavy atom. The second kappa shape index (κ2) is 7.63. The van der Waals surface area contributed by atoms with Gasteiger partial charge in [0, 0.05) is 6.92 Å². The number of hydrogen-bond donors (Lipinski definition) is 3. The van der Waals surface area contributed by atoms with Gasteiger partial charge in [0.2, 0.25) is 17.7 Å². The first-order chi connectivity index (χ1) is 11.3. The molecule has 25 heavy (non-hydrogen) atoms. The number of carbonyl (C=O) groups is 3. The molecule has 0 aliphatic carbocycles. The summed E-state index contributed by atoms with van der Waals surface area (Å²) in [5.41, 5.74) is -1.59. The molecule has 0 saturated carbocycles. The first-order valence-corrected chi connectivity index (χ1v) is 8.03. The Balaban J connectivity index is 2.76. The number of halogens is 1. The third-order valence-corrected chi connectivity index (χ3v) is 3.77. The van der Waals surface area contributed by atoms with Gasteiger partial charge in [0.15, 0.2) is 0 Å². The van der Waals surface area contributed by atoms with Gasteiger partial charge in [-0.05, 0) is 52.3 Å². The Morgan fingerprint density at radius 3 is 1.88 bits per heavy atom. The molecule has 138 valence electrons. The topological polar surface area (TPSA) is 87.3 Å². The minimum Gasteiger partial charge on any atom is -0.348 e. The number of benzene rings is 1. The molecule has 0 heterocycles. The van der Waals surface area contributed by atoms with Crippen LogP contribution in [-0.2, 0) is 14.4 Å². The van der Waals surface area contributed by atoms with Gasteiger partial charge in [0.25, 0.3) is 0 Å². The smallest absolute Gasteiger partial charge is 0.246 e. The maximum atomic E-state index is 13.0. The zero-order valence-corrected chi connectivity index (χ0v) is 15.5. The fraction of sp³-hybridized carbons (Fsp3) is 0.500. The molecule has 1 rings (SSSR count). The monoisotopic (exact) mass is 351 g/mol. The lowest BCUT2D eigenvalue weighted by molar-refractivity contribution is -0.137. The van der Waals surface area contributed by atoms with E-state index in [-0.39, 0.29) is 17.8 Å². The van der Waals surface area contributed by atoms with Crippen molar-refractivity contribution in [2.24, 2.45) is 0 Å². The number of carbonyl (C=O) groups excluding carboxylic acids is 3. The van der Waals surface area contributed by atoms with Crippen LogP contribution in [0, 0.1) is 5.82 Å². The molecule has 0 aromatic heterocycles. The zero-order valence-electron chi connectivity index (χ0n) is 15.5. The van der Waals surface area contributed by atoms with E-state index in [9.17, 15) is 18.8 Å². The summed E-state index contributed by atoms with van der Waals surface area (Å²) in [5.74, 6) is -1.56. The molecule has 0 saturated heterocycles. The van der Waals surface area contributed by atoms with Crippen LogP contribution in [-0.4, -0.2) is 28.8 Å². The van der Waals surface area contributed by atoms with Gasteiger partial charge in [-0.3, -0.25) is 14.4 Å². The Kier molecular flexibility index (Phi) is 6.29. The summed E-state index contributed by atoms with van der Waals surface area (Å²) in [6.45, 7) is 9.34. The molecule has 3 N–H and O–H groups in total. The second-order valence-corrected chi connectivity index (χ2v) is 7.13. The highest BCUT2D eigenvalue weighted by atomic mass is 19.1. The van der Waals surface area contributed by atoms with E-state index in [0.717, 1.165) is 5.56 Å². The van der Waals surface area contributed by atoms with Crippen molar-refractivity contribution in [3.05, 3.63) is 35.6 Å². The minimum atomic E-state index is -1.19. The van der Waals surface area contributed by atoms with Gasteiger partial charge < -0.3 is 16.0 Å². The van der Waals surface area contributed by atoms with Crippen LogP contribution in [0.1, 0.15) is 53.1 Å². The van der Waals surface area contributed by atoms with Crippen LogP contribution < -0.4 is 16.0 Å². The van der Waals surface area contributed by atoms with Crippen LogP contribution >= 0.6 is 0 Å². The summed E-state index contributed by atoms with van der Waals surface area (Å²) in [5, 5.41) is 7.97. The summed E-state index contributed by atoms with van der Waals surface area (Å²) in [7, 11) is 0. The van der Waals surface area contributed by atoms with E-state index in [1.165, 1.54) is 19.1 Å². The van der Waals surface area contributed by atoms with Crippen molar-refractivity contribution < 1.29 is 18.8 Å². The first kappa shape index (κ1) is 20.6. The SMILES string of the molecule is CC(=O)NC(C)(C)C(=O)NC(C)(C)C(=O)N[C@@H](C)c1ccc(F)cc1. The maximum absolute atomic E-state index is 13.0. The van der Waals surface area contributed by atoms with Gasteiger partial charge >= 0.3 is 0 Å². The number of amides is 3. The average Bonchev–Trinajstić information content (AvgIpc) is 2.45. The summed E-state index contributed by atoms with van der Waals surface area (Å²) in [4.78, 5) is 36.1. The van der Waals surface area contributed by atoms with Crippen LogP contribution in [0.3, 0.4) is 0 Å². The molecule has 1 aromatic rings.